The topological polar surface area (TPSA) is 103 Å². The van der Waals surface area contributed by atoms with Crippen LogP contribution < -0.4 is 4.90 Å². The molecule has 0 bridgehead atoms. The zero-order chi connectivity index (χ0) is 27.0. The van der Waals surface area contributed by atoms with Gasteiger partial charge in [-0.25, -0.2) is 9.59 Å². The van der Waals surface area contributed by atoms with E-state index in [2.05, 4.69) is 11.8 Å². The number of nitrogens with zero attached hydrogens (tertiary/aromatic N) is 3. The van der Waals surface area contributed by atoms with Crippen LogP contribution >= 0.6 is 0 Å². The SMILES string of the molecule is CCCCCCN(c1ccc(/C=C(\C#N)C(=O)OCC)cc1)c1ccc(/C=C(\C#N)C(=O)OCC)cc1. The number of benzene rings is 2. The first-order chi connectivity index (χ1) is 18.0. The molecule has 0 fully saturated rings. The van der Waals surface area contributed by atoms with Gasteiger partial charge in [0.15, 0.2) is 0 Å². The smallest absolute Gasteiger partial charge is 0.348 e. The quantitative estimate of drug-likeness (QED) is 0.137. The monoisotopic (exact) mass is 499 g/mol. The molecule has 0 saturated carbocycles. The molecule has 0 saturated heterocycles. The van der Waals surface area contributed by atoms with E-state index in [1.165, 1.54) is 12.2 Å². The summed E-state index contributed by atoms with van der Waals surface area (Å²) >= 11 is 0. The molecule has 7 heteroatoms. The second kappa shape index (κ2) is 15.6. The fourth-order valence-electron chi connectivity index (χ4n) is 3.63. The van der Waals surface area contributed by atoms with Crippen LogP contribution in [0.15, 0.2) is 59.7 Å². The number of unbranched alkanes of at least 4 members (excludes halogenated alkanes) is 3. The predicted molar refractivity (Wildman–Crippen MR) is 144 cm³/mol. The minimum absolute atomic E-state index is 0.0470. The summed E-state index contributed by atoms with van der Waals surface area (Å²) in [7, 11) is 0. The lowest BCUT2D eigenvalue weighted by Gasteiger charge is -2.25. The van der Waals surface area contributed by atoms with Crippen LogP contribution in [0, 0.1) is 22.7 Å². The van der Waals surface area contributed by atoms with Gasteiger partial charge in [0.25, 0.3) is 0 Å². The maximum atomic E-state index is 11.9. The number of nitriles is 2. The highest BCUT2D eigenvalue weighted by atomic mass is 16.5. The standard InChI is InChI=1S/C30H33N3O4/c1-4-7-8-9-18-33(27-14-10-23(11-15-27)19-25(21-31)29(34)36-5-2)28-16-12-24(13-17-28)20-26(22-32)30(35)37-6-3/h10-17,19-20H,4-9,18H2,1-3H3/b25-19+,26-20+. The number of anilines is 2. The van der Waals surface area contributed by atoms with Gasteiger partial charge in [-0.1, -0.05) is 50.5 Å². The molecule has 192 valence electrons. The van der Waals surface area contributed by atoms with Gasteiger partial charge in [0.2, 0.25) is 0 Å². The molecule has 2 aromatic carbocycles. The highest BCUT2D eigenvalue weighted by molar-refractivity contribution is 5.98. The Morgan fingerprint density at radius 2 is 1.16 bits per heavy atom. The highest BCUT2D eigenvalue weighted by Gasteiger charge is 2.13. The third-order valence-corrected chi connectivity index (χ3v) is 5.50. The van der Waals surface area contributed by atoms with Crippen molar-refractivity contribution in [1.29, 1.82) is 10.5 Å². The number of ether oxygens (including phenoxy) is 2. The van der Waals surface area contributed by atoms with E-state index in [-0.39, 0.29) is 24.4 Å². The zero-order valence-electron chi connectivity index (χ0n) is 21.7. The largest absolute Gasteiger partial charge is 0.462 e. The van der Waals surface area contributed by atoms with E-state index in [9.17, 15) is 20.1 Å². The predicted octanol–water partition coefficient (Wildman–Crippen LogP) is 6.35. The van der Waals surface area contributed by atoms with Crippen LogP contribution in [0.2, 0.25) is 0 Å². The molecule has 0 heterocycles. The van der Waals surface area contributed by atoms with Crippen LogP contribution in [-0.4, -0.2) is 31.7 Å². The molecular formula is C30H33N3O4. The highest BCUT2D eigenvalue weighted by Crippen LogP contribution is 2.28. The molecule has 0 spiro atoms. The summed E-state index contributed by atoms with van der Waals surface area (Å²) < 4.78 is 9.86. The molecule has 0 aromatic heterocycles. The van der Waals surface area contributed by atoms with Crippen molar-refractivity contribution in [3.8, 4) is 12.1 Å². The fourth-order valence-corrected chi connectivity index (χ4v) is 3.63. The van der Waals surface area contributed by atoms with Crippen LogP contribution in [-0.2, 0) is 19.1 Å². The maximum Gasteiger partial charge on any atom is 0.348 e. The lowest BCUT2D eigenvalue weighted by molar-refractivity contribution is -0.138. The lowest BCUT2D eigenvalue weighted by atomic mass is 10.1. The molecule has 2 aromatic rings. The van der Waals surface area contributed by atoms with E-state index in [1.54, 1.807) is 13.8 Å². The van der Waals surface area contributed by atoms with Crippen molar-refractivity contribution in [1.82, 2.24) is 0 Å². The molecule has 7 nitrogen and oxygen atoms in total. The van der Waals surface area contributed by atoms with Crippen molar-refractivity contribution >= 4 is 35.5 Å². The molecule has 0 atom stereocenters. The second-order valence-electron chi connectivity index (χ2n) is 8.18. The Bertz CT molecular complexity index is 1090. The van der Waals surface area contributed by atoms with E-state index in [0.29, 0.717) is 0 Å². The first-order valence-corrected chi connectivity index (χ1v) is 12.5. The zero-order valence-corrected chi connectivity index (χ0v) is 21.7. The summed E-state index contributed by atoms with van der Waals surface area (Å²) in [5.41, 5.74) is 3.29. The first kappa shape index (κ1) is 28.9. The summed E-state index contributed by atoms with van der Waals surface area (Å²) in [6, 6.07) is 19.1. The average molecular weight is 500 g/mol. The van der Waals surface area contributed by atoms with Crippen molar-refractivity contribution in [3.05, 3.63) is 70.8 Å². The van der Waals surface area contributed by atoms with Gasteiger partial charge in [0.05, 0.1) is 13.2 Å². The van der Waals surface area contributed by atoms with Gasteiger partial charge >= 0.3 is 11.9 Å². The third kappa shape index (κ3) is 8.98. The van der Waals surface area contributed by atoms with Crippen LogP contribution in [0.25, 0.3) is 12.2 Å². The molecular weight excluding hydrogens is 466 g/mol. The van der Waals surface area contributed by atoms with Crippen LogP contribution in [0.5, 0.6) is 0 Å². The van der Waals surface area contributed by atoms with Crippen LogP contribution in [0.4, 0.5) is 11.4 Å². The Kier molecular flexibility index (Phi) is 12.2. The molecule has 0 aliphatic heterocycles. The molecule has 0 aliphatic rings. The Morgan fingerprint density at radius 3 is 1.51 bits per heavy atom. The Hall–Kier alpha value is -4.36. The molecule has 0 unspecified atom stereocenters. The normalized spacial score (nSPS) is 11.3. The Balaban J connectivity index is 2.32. The van der Waals surface area contributed by atoms with Gasteiger partial charge in [0.1, 0.15) is 23.3 Å². The van der Waals surface area contributed by atoms with E-state index in [1.807, 2.05) is 60.7 Å². The number of carbonyl (C=O) groups is 2. The molecule has 37 heavy (non-hydrogen) atoms. The van der Waals surface area contributed by atoms with Crippen LogP contribution in [0.3, 0.4) is 0 Å². The number of hydrogen-bond donors (Lipinski definition) is 0. The number of hydrogen-bond acceptors (Lipinski definition) is 7. The second-order valence-corrected chi connectivity index (χ2v) is 8.18. The molecule has 0 radical (unpaired) electrons. The van der Waals surface area contributed by atoms with Crippen LogP contribution in [0.1, 0.15) is 57.6 Å². The molecule has 0 N–H and O–H groups in total. The van der Waals surface area contributed by atoms with E-state index >= 15 is 0 Å². The van der Waals surface area contributed by atoms with E-state index in [4.69, 9.17) is 9.47 Å². The van der Waals surface area contributed by atoms with Gasteiger partial charge < -0.3 is 14.4 Å². The van der Waals surface area contributed by atoms with Gasteiger partial charge in [-0.05, 0) is 67.8 Å². The van der Waals surface area contributed by atoms with Crippen molar-refractivity contribution in [2.45, 2.75) is 46.5 Å². The van der Waals surface area contributed by atoms with E-state index < -0.39 is 11.9 Å². The fraction of sp³-hybridized carbons (Fsp3) is 0.333. The summed E-state index contributed by atoms with van der Waals surface area (Å²) in [5.74, 6) is -1.27. The number of carbonyl (C=O) groups excluding carboxylic acids is 2. The van der Waals surface area contributed by atoms with Gasteiger partial charge in [-0.15, -0.1) is 0 Å². The average Bonchev–Trinajstić information content (AvgIpc) is 2.91. The number of esters is 2. The molecule has 0 amide bonds. The van der Waals surface area contributed by atoms with Crippen molar-refractivity contribution in [3.63, 3.8) is 0 Å². The van der Waals surface area contributed by atoms with Crippen molar-refractivity contribution in [2.24, 2.45) is 0 Å². The Labute approximate surface area is 219 Å². The summed E-state index contributed by atoms with van der Waals surface area (Å²) in [4.78, 5) is 26.0. The molecule has 0 aliphatic carbocycles. The summed E-state index contributed by atoms with van der Waals surface area (Å²) in [6.07, 6.45) is 7.47. The first-order valence-electron chi connectivity index (χ1n) is 12.5. The van der Waals surface area contributed by atoms with Crippen molar-refractivity contribution < 1.29 is 19.1 Å². The minimum atomic E-state index is -0.636. The molecule has 2 rings (SSSR count). The van der Waals surface area contributed by atoms with Gasteiger partial charge in [-0.2, -0.15) is 10.5 Å². The Morgan fingerprint density at radius 1 is 0.730 bits per heavy atom. The summed E-state index contributed by atoms with van der Waals surface area (Å²) in [6.45, 7) is 6.79. The van der Waals surface area contributed by atoms with Gasteiger partial charge in [0, 0.05) is 17.9 Å². The van der Waals surface area contributed by atoms with E-state index in [0.717, 1.165) is 54.7 Å². The third-order valence-electron chi connectivity index (χ3n) is 5.50. The van der Waals surface area contributed by atoms with Gasteiger partial charge in [-0.3, -0.25) is 0 Å². The number of rotatable bonds is 13. The summed E-state index contributed by atoms with van der Waals surface area (Å²) in [5, 5.41) is 18.6. The minimum Gasteiger partial charge on any atom is -0.462 e. The van der Waals surface area contributed by atoms with Crippen molar-refractivity contribution in [2.75, 3.05) is 24.7 Å². The maximum absolute atomic E-state index is 11.9. The lowest BCUT2D eigenvalue weighted by Crippen LogP contribution is -2.18.